The zero-order valence-electron chi connectivity index (χ0n) is 11.0. The highest BCUT2D eigenvalue weighted by molar-refractivity contribution is 5.75. The Labute approximate surface area is 115 Å². The molecule has 0 radical (unpaired) electrons. The van der Waals surface area contributed by atoms with Crippen molar-refractivity contribution in [1.29, 1.82) is 0 Å². The summed E-state index contributed by atoms with van der Waals surface area (Å²) in [5.41, 5.74) is 2.43. The van der Waals surface area contributed by atoms with Crippen molar-refractivity contribution in [2.24, 2.45) is 5.84 Å². The molecule has 0 fully saturated rings. The molecular formula is C10H20N2O8. The number of carboxylic acids is 4. The van der Waals surface area contributed by atoms with Gasteiger partial charge in [0, 0.05) is 6.54 Å². The quantitative estimate of drug-likeness (QED) is 0.260. The van der Waals surface area contributed by atoms with Crippen molar-refractivity contribution >= 4 is 23.9 Å². The number of hydrogen-bond acceptors (Lipinski definition) is 6. The summed E-state index contributed by atoms with van der Waals surface area (Å²) in [6, 6.07) is 0. The van der Waals surface area contributed by atoms with Crippen LogP contribution in [-0.4, -0.2) is 50.8 Å². The summed E-state index contributed by atoms with van der Waals surface area (Å²) < 4.78 is 0. The van der Waals surface area contributed by atoms with Gasteiger partial charge in [0.1, 0.15) is 0 Å². The molecular weight excluding hydrogens is 276 g/mol. The van der Waals surface area contributed by atoms with E-state index in [1.54, 1.807) is 0 Å². The van der Waals surface area contributed by atoms with Crippen LogP contribution >= 0.6 is 0 Å². The van der Waals surface area contributed by atoms with Crippen molar-refractivity contribution in [2.75, 3.05) is 6.54 Å². The minimum atomic E-state index is -1.08. The average Bonchev–Trinajstić information content (AvgIpc) is 2.35. The van der Waals surface area contributed by atoms with Gasteiger partial charge < -0.3 is 20.4 Å². The van der Waals surface area contributed by atoms with Gasteiger partial charge in [0.15, 0.2) is 0 Å². The molecule has 7 N–H and O–H groups in total. The zero-order chi connectivity index (χ0) is 16.6. The predicted octanol–water partition coefficient (Wildman–Crippen LogP) is -0.659. The Hall–Kier alpha value is -2.20. The number of rotatable bonds is 7. The van der Waals surface area contributed by atoms with Crippen LogP contribution in [0.4, 0.5) is 0 Å². The molecule has 0 saturated carbocycles. The lowest BCUT2D eigenvalue weighted by atomic mass is 10.3. The molecule has 118 valence electrons. The van der Waals surface area contributed by atoms with Crippen LogP contribution in [0.25, 0.3) is 0 Å². The standard InChI is InChI=1S/2C4H6O4.C2H8N2/c2*5-3(6)1-2-4(7)8;1-2-4-3/h2*1-2H2,(H,5,6)(H,7,8);4H,2-3H2,1H3. The van der Waals surface area contributed by atoms with Gasteiger partial charge in [0.25, 0.3) is 0 Å². The monoisotopic (exact) mass is 296 g/mol. The fraction of sp³-hybridized carbons (Fsp3) is 0.600. The lowest BCUT2D eigenvalue weighted by Gasteiger charge is -1.85. The van der Waals surface area contributed by atoms with Crippen molar-refractivity contribution in [1.82, 2.24) is 5.43 Å². The van der Waals surface area contributed by atoms with Crippen molar-refractivity contribution in [3.05, 3.63) is 0 Å². The van der Waals surface area contributed by atoms with Crippen LogP contribution in [0.5, 0.6) is 0 Å². The second kappa shape index (κ2) is 16.8. The Kier molecular flexibility index (Phi) is 19.3. The van der Waals surface area contributed by atoms with E-state index in [1.807, 2.05) is 6.92 Å². The van der Waals surface area contributed by atoms with Crippen LogP contribution in [0.3, 0.4) is 0 Å². The average molecular weight is 296 g/mol. The molecule has 0 heterocycles. The number of nitrogens with one attached hydrogen (secondary N) is 1. The van der Waals surface area contributed by atoms with Crippen molar-refractivity contribution in [3.63, 3.8) is 0 Å². The third kappa shape index (κ3) is 44.7. The molecule has 0 aromatic heterocycles. The first kappa shape index (κ1) is 22.9. The summed E-state index contributed by atoms with van der Waals surface area (Å²) >= 11 is 0. The van der Waals surface area contributed by atoms with E-state index in [9.17, 15) is 19.2 Å². The van der Waals surface area contributed by atoms with Gasteiger partial charge in [0.2, 0.25) is 0 Å². The fourth-order valence-corrected chi connectivity index (χ4v) is 0.428. The zero-order valence-corrected chi connectivity index (χ0v) is 11.0. The smallest absolute Gasteiger partial charge is 0.303 e. The Morgan fingerprint density at radius 2 is 0.900 bits per heavy atom. The largest absolute Gasteiger partial charge is 0.481 e. The molecule has 0 aromatic rings. The van der Waals surface area contributed by atoms with Gasteiger partial charge in [0.05, 0.1) is 25.7 Å². The van der Waals surface area contributed by atoms with E-state index in [4.69, 9.17) is 26.3 Å². The maximum absolute atomic E-state index is 9.64. The molecule has 10 nitrogen and oxygen atoms in total. The van der Waals surface area contributed by atoms with Gasteiger partial charge in [-0.2, -0.15) is 0 Å². The first-order chi connectivity index (χ1) is 9.17. The van der Waals surface area contributed by atoms with Crippen LogP contribution in [0.15, 0.2) is 0 Å². The van der Waals surface area contributed by atoms with Crippen LogP contribution in [-0.2, 0) is 19.2 Å². The molecule has 0 aromatic carbocycles. The van der Waals surface area contributed by atoms with E-state index in [-0.39, 0.29) is 25.7 Å². The molecule has 0 saturated heterocycles. The highest BCUT2D eigenvalue weighted by atomic mass is 16.4. The van der Waals surface area contributed by atoms with Gasteiger partial charge in [-0.1, -0.05) is 6.92 Å². The van der Waals surface area contributed by atoms with Gasteiger partial charge in [-0.25, -0.2) is 0 Å². The SMILES string of the molecule is CCNN.O=C(O)CCC(=O)O.O=C(O)CCC(=O)O. The molecule has 0 rings (SSSR count). The highest BCUT2D eigenvalue weighted by Crippen LogP contribution is 1.86. The molecule has 0 aliphatic carbocycles. The number of nitrogens with two attached hydrogens (primary N) is 1. The number of carbonyl (C=O) groups is 4. The molecule has 0 bridgehead atoms. The van der Waals surface area contributed by atoms with E-state index in [2.05, 4.69) is 5.43 Å². The Morgan fingerprint density at radius 3 is 0.950 bits per heavy atom. The molecule has 0 aliphatic rings. The molecule has 0 atom stereocenters. The van der Waals surface area contributed by atoms with Crippen LogP contribution < -0.4 is 11.3 Å². The number of hydrazine groups is 1. The molecule has 0 spiro atoms. The maximum atomic E-state index is 9.64. The van der Waals surface area contributed by atoms with Crippen LogP contribution in [0.2, 0.25) is 0 Å². The van der Waals surface area contributed by atoms with Gasteiger partial charge in [-0.3, -0.25) is 30.4 Å². The van der Waals surface area contributed by atoms with E-state index in [0.717, 1.165) is 6.54 Å². The van der Waals surface area contributed by atoms with Gasteiger partial charge >= 0.3 is 23.9 Å². The van der Waals surface area contributed by atoms with E-state index < -0.39 is 23.9 Å². The Bertz CT molecular complexity index is 248. The summed E-state index contributed by atoms with van der Waals surface area (Å²) in [7, 11) is 0. The number of carboxylic acid groups (broad SMARTS) is 4. The van der Waals surface area contributed by atoms with Crippen molar-refractivity contribution in [3.8, 4) is 0 Å². The molecule has 20 heavy (non-hydrogen) atoms. The molecule has 0 aliphatic heterocycles. The topological polar surface area (TPSA) is 187 Å². The third-order valence-corrected chi connectivity index (χ3v) is 1.31. The second-order valence-corrected chi connectivity index (χ2v) is 3.13. The minimum absolute atomic E-state index is 0.296. The van der Waals surface area contributed by atoms with E-state index in [0.29, 0.717) is 0 Å². The van der Waals surface area contributed by atoms with E-state index in [1.165, 1.54) is 0 Å². The third-order valence-electron chi connectivity index (χ3n) is 1.31. The van der Waals surface area contributed by atoms with Crippen LogP contribution in [0, 0.1) is 0 Å². The van der Waals surface area contributed by atoms with Crippen molar-refractivity contribution < 1.29 is 39.6 Å². The maximum Gasteiger partial charge on any atom is 0.303 e. The van der Waals surface area contributed by atoms with Crippen LogP contribution in [0.1, 0.15) is 32.6 Å². The summed E-state index contributed by atoms with van der Waals surface area (Å²) in [6.07, 6.45) is -1.19. The molecule has 0 amide bonds. The van der Waals surface area contributed by atoms with E-state index >= 15 is 0 Å². The molecule has 10 heteroatoms. The minimum Gasteiger partial charge on any atom is -0.481 e. The second-order valence-electron chi connectivity index (χ2n) is 3.13. The number of aliphatic carboxylic acids is 4. The lowest BCUT2D eigenvalue weighted by Crippen LogP contribution is -2.20. The highest BCUT2D eigenvalue weighted by Gasteiger charge is 2.00. The Balaban J connectivity index is -0.000000230. The Morgan fingerprint density at radius 1 is 0.750 bits per heavy atom. The summed E-state index contributed by atoms with van der Waals surface area (Å²) in [6.45, 7) is 2.79. The summed E-state index contributed by atoms with van der Waals surface area (Å²) in [5, 5.41) is 31.6. The first-order valence-corrected chi connectivity index (χ1v) is 5.47. The summed E-state index contributed by atoms with van der Waals surface area (Å²) in [4.78, 5) is 38.6. The van der Waals surface area contributed by atoms with Gasteiger partial charge in [-0.05, 0) is 0 Å². The summed E-state index contributed by atoms with van der Waals surface area (Å²) in [5.74, 6) is 0.472. The fourth-order valence-electron chi connectivity index (χ4n) is 0.428. The normalized spacial score (nSPS) is 8.30. The lowest BCUT2D eigenvalue weighted by molar-refractivity contribution is -0.143. The number of hydrogen-bond donors (Lipinski definition) is 6. The predicted molar refractivity (Wildman–Crippen MR) is 66.9 cm³/mol. The molecule has 0 unspecified atom stereocenters. The van der Waals surface area contributed by atoms with Crippen molar-refractivity contribution in [2.45, 2.75) is 32.6 Å². The first-order valence-electron chi connectivity index (χ1n) is 5.47. The van der Waals surface area contributed by atoms with Gasteiger partial charge in [-0.15, -0.1) is 0 Å².